The third-order valence-electron chi connectivity index (χ3n) is 5.81. The summed E-state index contributed by atoms with van der Waals surface area (Å²) in [7, 11) is -2.18. The van der Waals surface area contributed by atoms with Gasteiger partial charge in [0.15, 0.2) is 9.34 Å². The molecular weight excluding hydrogens is 384 g/mol. The van der Waals surface area contributed by atoms with Crippen LogP contribution in [0.2, 0.25) is 0 Å². The number of rotatable bonds is 5. The van der Waals surface area contributed by atoms with E-state index >= 15 is 0 Å². The average molecular weight is 415 g/mol. The molecule has 3 rings (SSSR count). The molecule has 1 heterocycles. The molecule has 27 heavy (non-hydrogen) atoms. The Balaban J connectivity index is 1.74. The van der Waals surface area contributed by atoms with Gasteiger partial charge in [-0.1, -0.05) is 37.5 Å². The molecule has 2 N–H and O–H groups in total. The summed E-state index contributed by atoms with van der Waals surface area (Å²) < 4.78 is 26.2. The molecule has 2 aliphatic rings. The molecule has 2 fully saturated rings. The zero-order valence-electron chi connectivity index (χ0n) is 16.1. The van der Waals surface area contributed by atoms with Crippen LogP contribution in [0, 0.1) is 5.92 Å². The Kier molecular flexibility index (Phi) is 6.75. The molecule has 0 radical (unpaired) electrons. The molecule has 0 aromatic carbocycles. The fourth-order valence-corrected chi connectivity index (χ4v) is 6.07. The third-order valence-corrected chi connectivity index (χ3v) is 8.60. The largest absolute Gasteiger partial charge is 0.324 e. The predicted octanol–water partition coefficient (Wildman–Crippen LogP) is 3.80. The Morgan fingerprint density at radius 1 is 1.11 bits per heavy atom. The third kappa shape index (κ3) is 5.00. The SMILES string of the molecule is CNS(=O)(=O)c1cnc(NC(=O)N(C2CCCCC2)C2CCC(C)CC2)s1. The van der Waals surface area contributed by atoms with Crippen molar-refractivity contribution in [3.8, 4) is 0 Å². The van der Waals surface area contributed by atoms with Crippen molar-refractivity contribution in [1.29, 1.82) is 0 Å². The van der Waals surface area contributed by atoms with Gasteiger partial charge in [-0.25, -0.2) is 22.9 Å². The van der Waals surface area contributed by atoms with Gasteiger partial charge in [-0.05, 0) is 51.5 Å². The molecule has 2 aliphatic carbocycles. The van der Waals surface area contributed by atoms with E-state index in [1.807, 2.05) is 0 Å². The number of carbonyl (C=O) groups excluding carboxylic acids is 1. The van der Waals surface area contributed by atoms with Crippen LogP contribution in [0.1, 0.15) is 64.7 Å². The van der Waals surface area contributed by atoms with E-state index in [9.17, 15) is 13.2 Å². The molecule has 7 nitrogen and oxygen atoms in total. The van der Waals surface area contributed by atoms with Gasteiger partial charge in [0.25, 0.3) is 10.0 Å². The Morgan fingerprint density at radius 2 is 1.74 bits per heavy atom. The normalized spacial score (nSPS) is 24.5. The second kappa shape index (κ2) is 8.87. The number of urea groups is 1. The molecule has 152 valence electrons. The maximum atomic E-state index is 13.1. The van der Waals surface area contributed by atoms with Crippen molar-refractivity contribution in [1.82, 2.24) is 14.6 Å². The van der Waals surface area contributed by atoms with Crippen LogP contribution in [-0.2, 0) is 10.0 Å². The van der Waals surface area contributed by atoms with Crippen molar-refractivity contribution in [3.63, 3.8) is 0 Å². The van der Waals surface area contributed by atoms with Crippen LogP contribution in [0.4, 0.5) is 9.93 Å². The van der Waals surface area contributed by atoms with Crippen molar-refractivity contribution in [2.45, 2.75) is 81.0 Å². The number of hydrogen-bond donors (Lipinski definition) is 2. The van der Waals surface area contributed by atoms with Crippen molar-refractivity contribution in [2.75, 3.05) is 12.4 Å². The van der Waals surface area contributed by atoms with Gasteiger partial charge in [0.1, 0.15) is 0 Å². The summed E-state index contributed by atoms with van der Waals surface area (Å²) in [6, 6.07) is 0.409. The fourth-order valence-electron chi connectivity index (χ4n) is 4.21. The standard InChI is InChI=1S/C18H30N4O3S2/c1-13-8-10-15(11-9-13)22(14-6-4-3-5-7-14)18(23)21-17-20-12-16(26-17)27(24,25)19-2/h12-15,19H,3-11H2,1-2H3,(H,20,21,23). The molecule has 0 atom stereocenters. The topological polar surface area (TPSA) is 91.4 Å². The van der Waals surface area contributed by atoms with Gasteiger partial charge in [-0.15, -0.1) is 0 Å². The van der Waals surface area contributed by atoms with Crippen molar-refractivity contribution in [2.24, 2.45) is 5.92 Å². The maximum absolute atomic E-state index is 13.1. The lowest BCUT2D eigenvalue weighted by molar-refractivity contribution is 0.105. The predicted molar refractivity (Wildman–Crippen MR) is 108 cm³/mol. The van der Waals surface area contributed by atoms with Gasteiger partial charge in [-0.2, -0.15) is 0 Å². The Labute approximate surface area is 166 Å². The van der Waals surface area contributed by atoms with Gasteiger partial charge < -0.3 is 4.90 Å². The second-order valence-electron chi connectivity index (χ2n) is 7.73. The van der Waals surface area contributed by atoms with E-state index in [0.717, 1.165) is 55.8 Å². The van der Waals surface area contributed by atoms with Gasteiger partial charge in [0.05, 0.1) is 6.20 Å². The maximum Gasteiger partial charge on any atom is 0.324 e. The summed E-state index contributed by atoms with van der Waals surface area (Å²) in [5.41, 5.74) is 0. The number of nitrogens with one attached hydrogen (secondary N) is 2. The van der Waals surface area contributed by atoms with Crippen molar-refractivity contribution < 1.29 is 13.2 Å². The van der Waals surface area contributed by atoms with Crippen molar-refractivity contribution in [3.05, 3.63) is 6.20 Å². The van der Waals surface area contributed by atoms with Crippen LogP contribution >= 0.6 is 11.3 Å². The number of aromatic nitrogens is 1. The quantitative estimate of drug-likeness (QED) is 0.767. The van der Waals surface area contributed by atoms with Crippen LogP contribution in [0.25, 0.3) is 0 Å². The first-order chi connectivity index (χ1) is 12.9. The van der Waals surface area contributed by atoms with E-state index in [1.165, 1.54) is 32.5 Å². The summed E-state index contributed by atoms with van der Waals surface area (Å²) in [5, 5.41) is 3.20. The lowest BCUT2D eigenvalue weighted by Crippen LogP contribution is -2.51. The second-order valence-corrected chi connectivity index (χ2v) is 10.9. The van der Waals surface area contributed by atoms with E-state index < -0.39 is 10.0 Å². The van der Waals surface area contributed by atoms with Gasteiger partial charge in [-0.3, -0.25) is 5.32 Å². The van der Waals surface area contributed by atoms with Crippen LogP contribution in [0.3, 0.4) is 0 Å². The minimum absolute atomic E-state index is 0.107. The van der Waals surface area contributed by atoms with E-state index in [-0.39, 0.29) is 22.3 Å². The lowest BCUT2D eigenvalue weighted by Gasteiger charge is -2.42. The highest BCUT2D eigenvalue weighted by Crippen LogP contribution is 2.33. The molecule has 9 heteroatoms. The lowest BCUT2D eigenvalue weighted by atomic mass is 9.84. The number of thiazole rings is 1. The molecule has 2 saturated carbocycles. The summed E-state index contributed by atoms with van der Waals surface area (Å²) in [4.78, 5) is 19.3. The Bertz CT molecular complexity index is 736. The molecule has 0 unspecified atom stereocenters. The fraction of sp³-hybridized carbons (Fsp3) is 0.778. The average Bonchev–Trinajstić information content (AvgIpc) is 3.14. The van der Waals surface area contributed by atoms with E-state index in [2.05, 4.69) is 26.8 Å². The molecule has 2 amide bonds. The number of carbonyl (C=O) groups is 1. The van der Waals surface area contributed by atoms with Crippen LogP contribution in [0.5, 0.6) is 0 Å². The first-order valence-electron chi connectivity index (χ1n) is 9.89. The van der Waals surface area contributed by atoms with Gasteiger partial charge >= 0.3 is 6.03 Å². The summed E-state index contributed by atoms with van der Waals surface area (Å²) in [5.74, 6) is 0.728. The monoisotopic (exact) mass is 414 g/mol. The van der Waals surface area contributed by atoms with Gasteiger partial charge in [0, 0.05) is 12.1 Å². The molecular formula is C18H30N4O3S2. The summed E-state index contributed by atoms with van der Waals surface area (Å²) in [6.45, 7) is 2.28. The number of anilines is 1. The van der Waals surface area contributed by atoms with Crippen LogP contribution < -0.4 is 10.0 Å². The van der Waals surface area contributed by atoms with Crippen LogP contribution in [0.15, 0.2) is 10.4 Å². The zero-order chi connectivity index (χ0) is 19.4. The number of amides is 2. The molecule has 0 aliphatic heterocycles. The molecule has 1 aromatic heterocycles. The molecule has 1 aromatic rings. The highest BCUT2D eigenvalue weighted by molar-refractivity contribution is 7.91. The van der Waals surface area contributed by atoms with Crippen molar-refractivity contribution >= 4 is 32.5 Å². The minimum Gasteiger partial charge on any atom is -0.319 e. The smallest absolute Gasteiger partial charge is 0.319 e. The summed E-state index contributed by atoms with van der Waals surface area (Å²) in [6.07, 6.45) is 11.4. The first-order valence-corrected chi connectivity index (χ1v) is 12.2. The Morgan fingerprint density at radius 3 is 2.37 bits per heavy atom. The highest BCUT2D eigenvalue weighted by atomic mass is 32.2. The van der Waals surface area contributed by atoms with E-state index in [0.29, 0.717) is 5.13 Å². The zero-order valence-corrected chi connectivity index (χ0v) is 17.7. The van der Waals surface area contributed by atoms with E-state index in [1.54, 1.807) is 0 Å². The molecule has 0 bridgehead atoms. The van der Waals surface area contributed by atoms with Crippen LogP contribution in [-0.4, -0.2) is 43.5 Å². The van der Waals surface area contributed by atoms with E-state index in [4.69, 9.17) is 0 Å². The van der Waals surface area contributed by atoms with Gasteiger partial charge in [0.2, 0.25) is 0 Å². The number of hydrogen-bond acceptors (Lipinski definition) is 5. The highest BCUT2D eigenvalue weighted by Gasteiger charge is 2.34. The molecule has 0 spiro atoms. The Hall–Kier alpha value is -1.19. The molecule has 0 saturated heterocycles. The minimum atomic E-state index is -3.54. The summed E-state index contributed by atoms with van der Waals surface area (Å²) >= 11 is 0.984. The first kappa shape index (κ1) is 20.5. The number of sulfonamides is 1. The number of nitrogens with zero attached hydrogens (tertiary/aromatic N) is 2.